The summed E-state index contributed by atoms with van der Waals surface area (Å²) in [6.07, 6.45) is 0.745. The number of carbonyl (C=O) groups is 2. The highest BCUT2D eigenvalue weighted by atomic mass is 32.1. The highest BCUT2D eigenvalue weighted by molar-refractivity contribution is 7.80. The fraction of sp³-hybridized carbons (Fsp3) is 0.312. The molecular weight excluding hydrogens is 330 g/mol. The number of benzene rings is 1. The molecule has 1 aliphatic heterocycles. The third-order valence-electron chi connectivity index (χ3n) is 4.00. The van der Waals surface area contributed by atoms with Crippen molar-refractivity contribution in [2.45, 2.75) is 17.8 Å². The molecule has 7 nitrogen and oxygen atoms in total. The molecule has 3 unspecified atom stereocenters. The Kier molecular flexibility index (Phi) is 4.36. The van der Waals surface area contributed by atoms with Gasteiger partial charge in [0.05, 0.1) is 0 Å². The lowest BCUT2D eigenvalue weighted by molar-refractivity contribution is -0.139. The Morgan fingerprint density at radius 3 is 2.83 bits per heavy atom. The van der Waals surface area contributed by atoms with Gasteiger partial charge in [0.1, 0.15) is 22.9 Å². The molecule has 0 spiro atoms. The minimum absolute atomic E-state index is 0.0186. The van der Waals surface area contributed by atoms with Crippen LogP contribution in [0.5, 0.6) is 5.75 Å². The fourth-order valence-corrected chi connectivity index (χ4v) is 3.15. The summed E-state index contributed by atoms with van der Waals surface area (Å²) in [6, 6.07) is 9.14. The molecule has 8 heteroatoms. The van der Waals surface area contributed by atoms with Crippen LogP contribution in [0.3, 0.4) is 0 Å². The van der Waals surface area contributed by atoms with E-state index >= 15 is 0 Å². The van der Waals surface area contributed by atoms with E-state index in [1.807, 2.05) is 18.2 Å². The maximum absolute atomic E-state index is 11.9. The van der Waals surface area contributed by atoms with E-state index in [-0.39, 0.29) is 17.4 Å². The number of amides is 1. The summed E-state index contributed by atoms with van der Waals surface area (Å²) < 4.78 is 5.34. The van der Waals surface area contributed by atoms with Crippen molar-refractivity contribution in [1.29, 1.82) is 5.26 Å². The van der Waals surface area contributed by atoms with E-state index in [2.05, 4.69) is 23.3 Å². The van der Waals surface area contributed by atoms with E-state index in [4.69, 9.17) is 9.84 Å². The van der Waals surface area contributed by atoms with E-state index in [9.17, 15) is 14.9 Å². The SMILES string of the molecule is N#CC1=C(C2CC2c2ccccc2OCC(=O)O)NC(S)NC1=O. The standard InChI is InChI=1S/C16H15N3O4S/c17-6-11-14(18-16(24)19-15(11)22)10-5-9(10)8-3-1-2-4-12(8)23-7-13(20)21/h1-4,9-10,16,18,24H,5,7H2,(H,19,22)(H,20,21). The first-order valence-corrected chi connectivity index (χ1v) is 7.86. The van der Waals surface area contributed by atoms with Gasteiger partial charge in [-0.3, -0.25) is 4.79 Å². The Bertz CT molecular complexity index is 771. The molecule has 1 fully saturated rings. The fourth-order valence-electron chi connectivity index (χ4n) is 2.89. The number of ether oxygens (including phenoxy) is 1. The maximum Gasteiger partial charge on any atom is 0.341 e. The number of hydrogen-bond donors (Lipinski definition) is 4. The van der Waals surface area contributed by atoms with Crippen molar-refractivity contribution < 1.29 is 19.4 Å². The molecule has 1 aromatic carbocycles. The van der Waals surface area contributed by atoms with Crippen LogP contribution in [0.15, 0.2) is 35.5 Å². The third kappa shape index (κ3) is 3.16. The molecule has 1 amide bonds. The Morgan fingerprint density at radius 1 is 1.38 bits per heavy atom. The number of rotatable bonds is 5. The van der Waals surface area contributed by atoms with Crippen LogP contribution in [0.1, 0.15) is 17.9 Å². The summed E-state index contributed by atoms with van der Waals surface area (Å²) in [4.78, 5) is 22.6. The Hall–Kier alpha value is -2.66. The van der Waals surface area contributed by atoms with Crippen LogP contribution in [-0.4, -0.2) is 29.1 Å². The highest BCUT2D eigenvalue weighted by Crippen LogP contribution is 2.54. The van der Waals surface area contributed by atoms with Gasteiger partial charge in [0, 0.05) is 11.6 Å². The van der Waals surface area contributed by atoms with E-state index in [0.717, 1.165) is 12.0 Å². The lowest BCUT2D eigenvalue weighted by Crippen LogP contribution is -2.47. The zero-order valence-electron chi connectivity index (χ0n) is 12.5. The molecule has 1 heterocycles. The molecular formula is C16H15N3O4S. The van der Waals surface area contributed by atoms with Crippen molar-refractivity contribution in [1.82, 2.24) is 10.6 Å². The van der Waals surface area contributed by atoms with E-state index < -0.39 is 24.0 Å². The van der Waals surface area contributed by atoms with Crippen LogP contribution in [0.25, 0.3) is 0 Å². The largest absolute Gasteiger partial charge is 0.482 e. The van der Waals surface area contributed by atoms with Gasteiger partial charge in [-0.05, 0) is 24.0 Å². The highest BCUT2D eigenvalue weighted by Gasteiger charge is 2.46. The number of hydrogen-bond acceptors (Lipinski definition) is 6. The van der Waals surface area contributed by atoms with Gasteiger partial charge < -0.3 is 20.5 Å². The Labute approximate surface area is 143 Å². The summed E-state index contributed by atoms with van der Waals surface area (Å²) in [5.74, 6) is -0.932. The number of allylic oxidation sites excluding steroid dienone is 1. The molecule has 0 aromatic heterocycles. The second kappa shape index (κ2) is 6.45. The second-order valence-corrected chi connectivity index (χ2v) is 6.11. The molecule has 1 aromatic rings. The predicted molar refractivity (Wildman–Crippen MR) is 87.1 cm³/mol. The van der Waals surface area contributed by atoms with Gasteiger partial charge in [-0.25, -0.2) is 4.79 Å². The molecule has 1 aliphatic carbocycles. The zero-order chi connectivity index (χ0) is 17.3. The number of aliphatic carboxylic acids is 1. The van der Waals surface area contributed by atoms with Crippen molar-refractivity contribution in [3.63, 3.8) is 0 Å². The molecule has 24 heavy (non-hydrogen) atoms. The quantitative estimate of drug-likeness (QED) is 0.592. The molecule has 3 rings (SSSR count). The summed E-state index contributed by atoms with van der Waals surface area (Å²) in [5.41, 5.74) is 0.984. The summed E-state index contributed by atoms with van der Waals surface area (Å²) in [7, 11) is 0. The van der Waals surface area contributed by atoms with Gasteiger partial charge in [-0.2, -0.15) is 5.26 Å². The van der Waals surface area contributed by atoms with Crippen LogP contribution < -0.4 is 15.4 Å². The molecule has 3 atom stereocenters. The van der Waals surface area contributed by atoms with Crippen LogP contribution >= 0.6 is 12.6 Å². The maximum atomic E-state index is 11.9. The number of carboxylic acids is 1. The van der Waals surface area contributed by atoms with Crippen LogP contribution in [0.2, 0.25) is 0 Å². The monoisotopic (exact) mass is 345 g/mol. The predicted octanol–water partition coefficient (Wildman–Crippen LogP) is 0.964. The molecule has 2 aliphatic rings. The van der Waals surface area contributed by atoms with Crippen molar-refractivity contribution in [2.24, 2.45) is 5.92 Å². The minimum Gasteiger partial charge on any atom is -0.482 e. The molecule has 3 N–H and O–H groups in total. The lowest BCUT2D eigenvalue weighted by atomic mass is 10.0. The minimum atomic E-state index is -1.05. The second-order valence-electron chi connectivity index (χ2n) is 5.59. The summed E-state index contributed by atoms with van der Waals surface area (Å²) in [5, 5.41) is 23.6. The number of nitrogens with one attached hydrogen (secondary N) is 2. The van der Waals surface area contributed by atoms with Crippen LogP contribution in [-0.2, 0) is 9.59 Å². The zero-order valence-corrected chi connectivity index (χ0v) is 13.4. The van der Waals surface area contributed by atoms with Gasteiger partial charge in [0.15, 0.2) is 6.61 Å². The normalized spacial score (nSPS) is 25.3. The smallest absolute Gasteiger partial charge is 0.341 e. The van der Waals surface area contributed by atoms with E-state index in [1.165, 1.54) is 0 Å². The lowest BCUT2D eigenvalue weighted by Gasteiger charge is -2.25. The first kappa shape index (κ1) is 16.2. The molecule has 0 radical (unpaired) electrons. The number of nitrogens with zero attached hydrogens (tertiary/aromatic N) is 1. The van der Waals surface area contributed by atoms with Crippen LogP contribution in [0, 0.1) is 17.2 Å². The van der Waals surface area contributed by atoms with Gasteiger partial charge in [0.2, 0.25) is 0 Å². The first-order chi connectivity index (χ1) is 11.5. The van der Waals surface area contributed by atoms with Gasteiger partial charge >= 0.3 is 5.97 Å². The molecule has 124 valence electrons. The average molecular weight is 345 g/mol. The number of para-hydroxylation sites is 1. The van der Waals surface area contributed by atoms with Crippen molar-refractivity contribution in [3.05, 3.63) is 41.1 Å². The third-order valence-corrected chi connectivity index (χ3v) is 4.26. The number of nitriles is 1. The first-order valence-electron chi connectivity index (χ1n) is 7.34. The van der Waals surface area contributed by atoms with E-state index in [0.29, 0.717) is 11.4 Å². The molecule has 1 saturated carbocycles. The average Bonchev–Trinajstić information content (AvgIpc) is 3.33. The Balaban J connectivity index is 1.84. The number of carbonyl (C=O) groups excluding carboxylic acids is 1. The van der Waals surface area contributed by atoms with Gasteiger partial charge in [0.25, 0.3) is 5.91 Å². The Morgan fingerprint density at radius 2 is 2.12 bits per heavy atom. The molecule has 0 saturated heterocycles. The van der Waals surface area contributed by atoms with Crippen molar-refractivity contribution in [2.75, 3.05) is 6.61 Å². The van der Waals surface area contributed by atoms with Crippen molar-refractivity contribution in [3.8, 4) is 11.8 Å². The van der Waals surface area contributed by atoms with Gasteiger partial charge in [-0.15, -0.1) is 12.6 Å². The molecule has 0 bridgehead atoms. The van der Waals surface area contributed by atoms with E-state index in [1.54, 1.807) is 12.1 Å². The summed E-state index contributed by atoms with van der Waals surface area (Å²) in [6.45, 7) is -0.417. The topological polar surface area (TPSA) is 111 Å². The van der Waals surface area contributed by atoms with Gasteiger partial charge in [-0.1, -0.05) is 18.2 Å². The van der Waals surface area contributed by atoms with Crippen LogP contribution in [0.4, 0.5) is 0 Å². The summed E-state index contributed by atoms with van der Waals surface area (Å²) >= 11 is 4.20. The van der Waals surface area contributed by atoms with Crippen molar-refractivity contribution >= 4 is 24.5 Å². The number of thiol groups is 1. The number of carboxylic acid groups (broad SMARTS) is 1.